The van der Waals surface area contributed by atoms with Gasteiger partial charge in [-0.1, -0.05) is 12.1 Å². The van der Waals surface area contributed by atoms with E-state index in [2.05, 4.69) is 15.1 Å². The van der Waals surface area contributed by atoms with Crippen LogP contribution in [0.5, 0.6) is 0 Å². The molecule has 2 aromatic rings. The maximum absolute atomic E-state index is 12.9. The zero-order valence-corrected chi connectivity index (χ0v) is 12.9. The number of benzene rings is 1. The Morgan fingerprint density at radius 3 is 2.68 bits per heavy atom. The highest BCUT2D eigenvalue weighted by Gasteiger charge is 2.22. The average molecular weight is 323 g/mol. The molecule has 7 heteroatoms. The Balaban J connectivity index is 1.65. The summed E-state index contributed by atoms with van der Waals surface area (Å²) in [5.74, 6) is 0.446. The molecule has 22 heavy (non-hydrogen) atoms. The molecule has 0 radical (unpaired) electrons. The second-order valence-electron chi connectivity index (χ2n) is 5.67. The molecule has 0 bridgehead atoms. The number of aromatic nitrogens is 2. The number of nitrogens with zero attached hydrogens (tertiary/aromatic N) is 2. The number of likely N-dealkylation sites (tertiary alicyclic amines) is 1. The maximum atomic E-state index is 12.9. The third kappa shape index (κ3) is 3.53. The zero-order chi connectivity index (χ0) is 15.6. The summed E-state index contributed by atoms with van der Waals surface area (Å²) >= 11 is 0. The minimum Gasteiger partial charge on any atom is -0.298 e. The van der Waals surface area contributed by atoms with Crippen molar-refractivity contribution in [2.75, 3.05) is 13.1 Å². The van der Waals surface area contributed by atoms with Crippen molar-refractivity contribution in [1.82, 2.24) is 15.1 Å². The molecule has 1 aromatic heterocycles. The van der Waals surface area contributed by atoms with Gasteiger partial charge in [-0.05, 0) is 43.1 Å². The molecule has 1 fully saturated rings. The van der Waals surface area contributed by atoms with Gasteiger partial charge in [0.2, 0.25) is 0 Å². The highest BCUT2D eigenvalue weighted by molar-refractivity contribution is 7.86. The van der Waals surface area contributed by atoms with Crippen molar-refractivity contribution in [3.05, 3.63) is 47.8 Å². The monoisotopic (exact) mass is 323 g/mol. The number of aromatic amines is 1. The van der Waals surface area contributed by atoms with E-state index in [0.717, 1.165) is 43.7 Å². The first-order valence-electron chi connectivity index (χ1n) is 7.27. The molecule has 0 aliphatic carbocycles. The Hall–Kier alpha value is -1.73. The van der Waals surface area contributed by atoms with Crippen LogP contribution < -0.4 is 0 Å². The molecule has 1 atom stereocenters. The highest BCUT2D eigenvalue weighted by Crippen LogP contribution is 2.26. The molecule has 1 aliphatic rings. The Kier molecular flexibility index (Phi) is 4.26. The van der Waals surface area contributed by atoms with Crippen LogP contribution in [-0.4, -0.2) is 36.6 Å². The standard InChI is InChI=1S/C15H18FN3O2S/c16-22(20,21)14-5-3-12(4-6-14)10-19-9-1-2-13(11-19)15-7-8-17-18-15/h3-8,13H,1-2,9-11H2,(H,17,18)/t13-/m1/s1. The summed E-state index contributed by atoms with van der Waals surface area (Å²) in [5, 5.41) is 7.03. The number of halogens is 1. The van der Waals surface area contributed by atoms with Crippen LogP contribution in [0.1, 0.15) is 30.0 Å². The van der Waals surface area contributed by atoms with Gasteiger partial charge in [-0.2, -0.15) is 13.5 Å². The lowest BCUT2D eigenvalue weighted by Crippen LogP contribution is -2.34. The van der Waals surface area contributed by atoms with Gasteiger partial charge in [-0.25, -0.2) is 0 Å². The molecule has 1 saturated heterocycles. The fourth-order valence-electron chi connectivity index (χ4n) is 2.96. The first-order valence-corrected chi connectivity index (χ1v) is 8.66. The van der Waals surface area contributed by atoms with Gasteiger partial charge in [0, 0.05) is 30.9 Å². The Labute approximate surface area is 129 Å². The van der Waals surface area contributed by atoms with E-state index in [1.807, 2.05) is 6.07 Å². The summed E-state index contributed by atoms with van der Waals surface area (Å²) in [6.45, 7) is 2.68. The molecule has 0 saturated carbocycles. The lowest BCUT2D eigenvalue weighted by molar-refractivity contribution is 0.198. The second-order valence-corrected chi connectivity index (χ2v) is 7.02. The van der Waals surface area contributed by atoms with E-state index in [0.29, 0.717) is 5.92 Å². The Bertz CT molecular complexity index is 714. The molecule has 3 rings (SSSR count). The van der Waals surface area contributed by atoms with Crippen LogP contribution >= 0.6 is 0 Å². The van der Waals surface area contributed by atoms with Gasteiger partial charge in [-0.3, -0.25) is 10.00 Å². The fraction of sp³-hybridized carbons (Fsp3) is 0.400. The smallest absolute Gasteiger partial charge is 0.298 e. The normalized spacial score (nSPS) is 20.1. The van der Waals surface area contributed by atoms with Crippen LogP contribution in [0.25, 0.3) is 0 Å². The molecular weight excluding hydrogens is 305 g/mol. The van der Waals surface area contributed by atoms with Crippen molar-refractivity contribution in [3.8, 4) is 0 Å². The first kappa shape index (κ1) is 15.2. The van der Waals surface area contributed by atoms with E-state index in [-0.39, 0.29) is 4.90 Å². The maximum Gasteiger partial charge on any atom is 0.332 e. The van der Waals surface area contributed by atoms with Crippen molar-refractivity contribution < 1.29 is 12.3 Å². The first-order chi connectivity index (χ1) is 10.5. The van der Waals surface area contributed by atoms with E-state index < -0.39 is 10.2 Å². The second kappa shape index (κ2) is 6.18. The Morgan fingerprint density at radius 2 is 2.05 bits per heavy atom. The minimum atomic E-state index is -4.62. The number of hydrogen-bond donors (Lipinski definition) is 1. The highest BCUT2D eigenvalue weighted by atomic mass is 32.3. The molecule has 1 aromatic carbocycles. The molecule has 1 aliphatic heterocycles. The zero-order valence-electron chi connectivity index (χ0n) is 12.1. The molecular formula is C15H18FN3O2S. The molecule has 5 nitrogen and oxygen atoms in total. The summed E-state index contributed by atoms with van der Waals surface area (Å²) in [5.41, 5.74) is 2.14. The summed E-state index contributed by atoms with van der Waals surface area (Å²) < 4.78 is 34.5. The van der Waals surface area contributed by atoms with Crippen molar-refractivity contribution >= 4 is 10.2 Å². The van der Waals surface area contributed by atoms with Gasteiger partial charge in [0.25, 0.3) is 0 Å². The van der Waals surface area contributed by atoms with E-state index in [4.69, 9.17) is 0 Å². The predicted octanol–water partition coefficient (Wildman–Crippen LogP) is 2.45. The third-order valence-electron chi connectivity index (χ3n) is 4.08. The quantitative estimate of drug-likeness (QED) is 0.878. The predicted molar refractivity (Wildman–Crippen MR) is 80.6 cm³/mol. The number of H-pyrrole nitrogens is 1. The molecule has 0 amide bonds. The lowest BCUT2D eigenvalue weighted by Gasteiger charge is -2.32. The molecule has 118 valence electrons. The molecule has 0 unspecified atom stereocenters. The van der Waals surface area contributed by atoms with E-state index in [1.54, 1.807) is 18.3 Å². The van der Waals surface area contributed by atoms with Crippen molar-refractivity contribution in [3.63, 3.8) is 0 Å². The van der Waals surface area contributed by atoms with Crippen LogP contribution in [0.4, 0.5) is 3.89 Å². The van der Waals surface area contributed by atoms with E-state index >= 15 is 0 Å². The van der Waals surface area contributed by atoms with Crippen LogP contribution in [0.3, 0.4) is 0 Å². The minimum absolute atomic E-state index is 0.287. The van der Waals surface area contributed by atoms with Gasteiger partial charge < -0.3 is 0 Å². The van der Waals surface area contributed by atoms with Gasteiger partial charge in [0.1, 0.15) is 0 Å². The van der Waals surface area contributed by atoms with Gasteiger partial charge in [-0.15, -0.1) is 3.89 Å². The lowest BCUT2D eigenvalue weighted by atomic mass is 9.94. The van der Waals surface area contributed by atoms with E-state index in [1.165, 1.54) is 12.1 Å². The summed E-state index contributed by atoms with van der Waals surface area (Å²) in [4.78, 5) is 2.04. The fourth-order valence-corrected chi connectivity index (χ4v) is 3.42. The van der Waals surface area contributed by atoms with Gasteiger partial charge >= 0.3 is 10.2 Å². The van der Waals surface area contributed by atoms with Crippen LogP contribution in [0.2, 0.25) is 0 Å². The number of rotatable bonds is 4. The average Bonchev–Trinajstić information content (AvgIpc) is 3.01. The van der Waals surface area contributed by atoms with Crippen molar-refractivity contribution in [2.24, 2.45) is 0 Å². The molecule has 2 heterocycles. The molecule has 0 spiro atoms. The number of hydrogen-bond acceptors (Lipinski definition) is 4. The summed E-state index contributed by atoms with van der Waals surface area (Å²) in [6.07, 6.45) is 4.02. The largest absolute Gasteiger partial charge is 0.332 e. The van der Waals surface area contributed by atoms with Crippen molar-refractivity contribution in [2.45, 2.75) is 30.2 Å². The summed E-state index contributed by atoms with van der Waals surface area (Å²) in [7, 11) is -4.62. The topological polar surface area (TPSA) is 66.1 Å². The van der Waals surface area contributed by atoms with Crippen LogP contribution in [0, 0.1) is 0 Å². The SMILES string of the molecule is O=S(=O)(F)c1ccc(CN2CCC[C@@H](c3ccn[nH]3)C2)cc1. The Morgan fingerprint density at radius 1 is 1.27 bits per heavy atom. The van der Waals surface area contributed by atoms with Gasteiger partial charge in [0.05, 0.1) is 4.90 Å². The van der Waals surface area contributed by atoms with Crippen LogP contribution in [-0.2, 0) is 16.8 Å². The molecule has 1 N–H and O–H groups in total. The number of nitrogens with one attached hydrogen (secondary N) is 1. The van der Waals surface area contributed by atoms with E-state index in [9.17, 15) is 12.3 Å². The third-order valence-corrected chi connectivity index (χ3v) is 4.91. The van der Waals surface area contributed by atoms with Crippen molar-refractivity contribution in [1.29, 1.82) is 0 Å². The number of piperidine rings is 1. The summed E-state index contributed by atoms with van der Waals surface area (Å²) in [6, 6.07) is 8.00. The van der Waals surface area contributed by atoms with Gasteiger partial charge in [0.15, 0.2) is 0 Å². The van der Waals surface area contributed by atoms with Crippen LogP contribution in [0.15, 0.2) is 41.4 Å².